The molecular formula is C8H16O2S. The fourth-order valence-electron chi connectivity index (χ4n) is 0.954. The van der Waals surface area contributed by atoms with Crippen LogP contribution in [0.1, 0.15) is 13.8 Å². The lowest BCUT2D eigenvalue weighted by atomic mass is 9.90. The highest BCUT2D eigenvalue weighted by molar-refractivity contribution is 7.99. The predicted octanol–water partition coefficient (Wildman–Crippen LogP) is 1.14. The Hall–Kier alpha value is 0.270. The van der Waals surface area contributed by atoms with Crippen LogP contribution in [0.3, 0.4) is 0 Å². The Morgan fingerprint density at radius 3 is 2.45 bits per heavy atom. The Labute approximate surface area is 72.3 Å². The molecule has 0 bridgehead atoms. The molecule has 0 aromatic carbocycles. The van der Waals surface area contributed by atoms with Crippen LogP contribution in [-0.2, 0) is 4.74 Å². The van der Waals surface area contributed by atoms with Crippen molar-refractivity contribution in [2.24, 2.45) is 5.41 Å². The van der Waals surface area contributed by atoms with Crippen LogP contribution in [0.25, 0.3) is 0 Å². The maximum Gasteiger partial charge on any atom is 0.0575 e. The number of hydrogen-bond donors (Lipinski definition) is 1. The van der Waals surface area contributed by atoms with E-state index in [4.69, 9.17) is 9.84 Å². The SMILES string of the molecule is CC(C)SCC1(CO)COC1. The highest BCUT2D eigenvalue weighted by Crippen LogP contribution is 2.32. The Morgan fingerprint density at radius 1 is 1.55 bits per heavy atom. The van der Waals surface area contributed by atoms with Gasteiger partial charge < -0.3 is 9.84 Å². The van der Waals surface area contributed by atoms with E-state index >= 15 is 0 Å². The number of rotatable bonds is 4. The van der Waals surface area contributed by atoms with Gasteiger partial charge in [-0.05, 0) is 5.25 Å². The Kier molecular flexibility index (Phi) is 3.22. The van der Waals surface area contributed by atoms with Gasteiger partial charge in [-0.1, -0.05) is 13.8 Å². The van der Waals surface area contributed by atoms with Crippen LogP contribution in [0, 0.1) is 5.41 Å². The molecule has 1 aliphatic heterocycles. The molecule has 1 fully saturated rings. The zero-order valence-corrected chi connectivity index (χ0v) is 7.99. The third kappa shape index (κ3) is 2.36. The molecule has 1 N–H and O–H groups in total. The molecule has 0 aromatic rings. The molecule has 0 radical (unpaired) electrons. The molecule has 0 unspecified atom stereocenters. The van der Waals surface area contributed by atoms with Gasteiger partial charge in [0, 0.05) is 11.2 Å². The van der Waals surface area contributed by atoms with Crippen molar-refractivity contribution in [2.45, 2.75) is 19.1 Å². The van der Waals surface area contributed by atoms with Crippen LogP contribution >= 0.6 is 11.8 Å². The molecule has 1 aliphatic rings. The van der Waals surface area contributed by atoms with Crippen LogP contribution < -0.4 is 0 Å². The largest absolute Gasteiger partial charge is 0.396 e. The molecule has 1 heterocycles. The number of aliphatic hydroxyl groups excluding tert-OH is 1. The summed E-state index contributed by atoms with van der Waals surface area (Å²) in [6.45, 7) is 6.10. The van der Waals surface area contributed by atoms with Gasteiger partial charge in [0.2, 0.25) is 0 Å². The van der Waals surface area contributed by atoms with E-state index < -0.39 is 0 Å². The number of aliphatic hydroxyl groups is 1. The highest BCUT2D eigenvalue weighted by atomic mass is 32.2. The molecule has 1 rings (SSSR count). The summed E-state index contributed by atoms with van der Waals surface area (Å²) in [4.78, 5) is 0. The topological polar surface area (TPSA) is 29.5 Å². The molecule has 0 spiro atoms. The van der Waals surface area contributed by atoms with Crippen molar-refractivity contribution in [2.75, 3.05) is 25.6 Å². The van der Waals surface area contributed by atoms with Crippen molar-refractivity contribution in [1.29, 1.82) is 0 Å². The van der Waals surface area contributed by atoms with E-state index in [0.29, 0.717) is 5.25 Å². The first-order chi connectivity index (χ1) is 5.18. The van der Waals surface area contributed by atoms with E-state index in [1.807, 2.05) is 11.8 Å². The van der Waals surface area contributed by atoms with Crippen molar-refractivity contribution in [3.63, 3.8) is 0 Å². The summed E-state index contributed by atoms with van der Waals surface area (Å²) >= 11 is 1.90. The molecule has 66 valence electrons. The summed E-state index contributed by atoms with van der Waals surface area (Å²) in [6, 6.07) is 0. The van der Waals surface area contributed by atoms with Crippen molar-refractivity contribution in [3.05, 3.63) is 0 Å². The van der Waals surface area contributed by atoms with Gasteiger partial charge in [-0.15, -0.1) is 0 Å². The number of ether oxygens (including phenoxy) is 1. The first-order valence-electron chi connectivity index (χ1n) is 3.99. The lowest BCUT2D eigenvalue weighted by Crippen LogP contribution is -2.47. The van der Waals surface area contributed by atoms with Crippen molar-refractivity contribution < 1.29 is 9.84 Å². The standard InChI is InChI=1S/C8H16O2S/c1-7(2)11-6-8(3-9)4-10-5-8/h7,9H,3-6H2,1-2H3. The lowest BCUT2D eigenvalue weighted by Gasteiger charge is -2.39. The first kappa shape index (κ1) is 9.36. The van der Waals surface area contributed by atoms with Crippen LogP contribution in [0.2, 0.25) is 0 Å². The van der Waals surface area contributed by atoms with Crippen molar-refractivity contribution >= 4 is 11.8 Å². The second-order valence-electron chi connectivity index (χ2n) is 3.51. The maximum absolute atomic E-state index is 9.06. The van der Waals surface area contributed by atoms with E-state index in [1.165, 1.54) is 0 Å². The number of hydrogen-bond acceptors (Lipinski definition) is 3. The summed E-state index contributed by atoms with van der Waals surface area (Å²) < 4.78 is 5.09. The third-order valence-electron chi connectivity index (χ3n) is 1.87. The summed E-state index contributed by atoms with van der Waals surface area (Å²) in [5, 5.41) is 9.71. The van der Waals surface area contributed by atoms with E-state index in [1.54, 1.807) is 0 Å². The van der Waals surface area contributed by atoms with Gasteiger partial charge in [-0.3, -0.25) is 0 Å². The van der Waals surface area contributed by atoms with Crippen LogP contribution in [0.15, 0.2) is 0 Å². The van der Waals surface area contributed by atoms with Crippen LogP contribution in [0.5, 0.6) is 0 Å². The van der Waals surface area contributed by atoms with E-state index in [9.17, 15) is 0 Å². The second kappa shape index (κ2) is 3.78. The molecule has 0 amide bonds. The normalized spacial score (nSPS) is 21.8. The Bertz CT molecular complexity index is 116. The van der Waals surface area contributed by atoms with Gasteiger partial charge in [-0.2, -0.15) is 11.8 Å². The molecular weight excluding hydrogens is 160 g/mol. The van der Waals surface area contributed by atoms with E-state index in [-0.39, 0.29) is 12.0 Å². The van der Waals surface area contributed by atoms with Gasteiger partial charge in [-0.25, -0.2) is 0 Å². The first-order valence-corrected chi connectivity index (χ1v) is 5.04. The van der Waals surface area contributed by atoms with E-state index in [0.717, 1.165) is 19.0 Å². The Balaban J connectivity index is 2.22. The summed E-state index contributed by atoms with van der Waals surface area (Å²) in [6.07, 6.45) is 0. The Morgan fingerprint density at radius 2 is 2.18 bits per heavy atom. The number of thioether (sulfide) groups is 1. The van der Waals surface area contributed by atoms with Gasteiger partial charge in [0.15, 0.2) is 0 Å². The summed E-state index contributed by atoms with van der Waals surface area (Å²) in [7, 11) is 0. The third-order valence-corrected chi connectivity index (χ3v) is 3.32. The lowest BCUT2D eigenvalue weighted by molar-refractivity contribution is -0.121. The fraction of sp³-hybridized carbons (Fsp3) is 1.00. The predicted molar refractivity (Wildman–Crippen MR) is 47.9 cm³/mol. The summed E-state index contributed by atoms with van der Waals surface area (Å²) in [5.41, 5.74) is 0.0922. The quantitative estimate of drug-likeness (QED) is 0.696. The maximum atomic E-state index is 9.06. The van der Waals surface area contributed by atoms with Gasteiger partial charge in [0.05, 0.1) is 19.8 Å². The molecule has 0 aliphatic carbocycles. The monoisotopic (exact) mass is 176 g/mol. The zero-order chi connectivity index (χ0) is 8.32. The fourth-order valence-corrected chi connectivity index (χ4v) is 1.90. The minimum absolute atomic E-state index is 0.0922. The molecule has 0 atom stereocenters. The van der Waals surface area contributed by atoms with Crippen molar-refractivity contribution in [3.8, 4) is 0 Å². The van der Waals surface area contributed by atoms with Crippen LogP contribution in [-0.4, -0.2) is 35.9 Å². The molecule has 0 saturated carbocycles. The molecule has 3 heteroatoms. The minimum atomic E-state index is 0.0922. The average Bonchev–Trinajstić information content (AvgIpc) is 1.86. The molecule has 11 heavy (non-hydrogen) atoms. The highest BCUT2D eigenvalue weighted by Gasteiger charge is 2.37. The second-order valence-corrected chi connectivity index (χ2v) is 5.08. The van der Waals surface area contributed by atoms with Crippen LogP contribution in [0.4, 0.5) is 0 Å². The smallest absolute Gasteiger partial charge is 0.0575 e. The molecule has 1 saturated heterocycles. The average molecular weight is 176 g/mol. The van der Waals surface area contributed by atoms with Gasteiger partial charge in [0.1, 0.15) is 0 Å². The van der Waals surface area contributed by atoms with Gasteiger partial charge in [0.25, 0.3) is 0 Å². The van der Waals surface area contributed by atoms with Gasteiger partial charge >= 0.3 is 0 Å². The zero-order valence-electron chi connectivity index (χ0n) is 7.17. The molecule has 0 aromatic heterocycles. The summed E-state index contributed by atoms with van der Waals surface area (Å²) in [5.74, 6) is 1.03. The van der Waals surface area contributed by atoms with E-state index in [2.05, 4.69) is 13.8 Å². The molecule has 2 nitrogen and oxygen atoms in total. The minimum Gasteiger partial charge on any atom is -0.396 e. The van der Waals surface area contributed by atoms with Crippen molar-refractivity contribution in [1.82, 2.24) is 0 Å².